The smallest absolute Gasteiger partial charge is 0.224 e. The molecule has 0 radical (unpaired) electrons. The van der Waals surface area contributed by atoms with Gasteiger partial charge in [-0.1, -0.05) is 38.8 Å². The largest absolute Gasteiger partial charge is 0.494 e. The van der Waals surface area contributed by atoms with E-state index in [1.54, 1.807) is 0 Å². The van der Waals surface area contributed by atoms with Gasteiger partial charge in [-0.3, -0.25) is 4.79 Å². The summed E-state index contributed by atoms with van der Waals surface area (Å²) in [5, 5.41) is 6.21. The van der Waals surface area contributed by atoms with E-state index >= 15 is 0 Å². The molecule has 4 nitrogen and oxygen atoms in total. The Morgan fingerprint density at radius 3 is 2.42 bits per heavy atom. The molecule has 0 saturated heterocycles. The lowest BCUT2D eigenvalue weighted by Gasteiger charge is -2.11. The van der Waals surface area contributed by atoms with E-state index in [0.717, 1.165) is 35.8 Å². The fourth-order valence-electron chi connectivity index (χ4n) is 2.30. The molecule has 0 aliphatic carbocycles. The Morgan fingerprint density at radius 1 is 0.958 bits per heavy atom. The van der Waals surface area contributed by atoms with Gasteiger partial charge in [0.25, 0.3) is 0 Å². The average molecular weight is 326 g/mol. The van der Waals surface area contributed by atoms with Crippen LogP contribution in [0.4, 0.5) is 17.1 Å². The van der Waals surface area contributed by atoms with E-state index in [2.05, 4.69) is 17.6 Å². The first-order valence-corrected chi connectivity index (χ1v) is 8.61. The van der Waals surface area contributed by atoms with Crippen LogP contribution in [-0.2, 0) is 4.79 Å². The van der Waals surface area contributed by atoms with Gasteiger partial charge in [-0.15, -0.1) is 0 Å². The molecule has 128 valence electrons. The normalized spacial score (nSPS) is 10.2. The number of benzene rings is 2. The fraction of sp³-hybridized carbons (Fsp3) is 0.350. The number of rotatable bonds is 9. The lowest BCUT2D eigenvalue weighted by molar-refractivity contribution is -0.115. The van der Waals surface area contributed by atoms with Gasteiger partial charge in [0.2, 0.25) is 5.91 Å². The van der Waals surface area contributed by atoms with Crippen molar-refractivity contribution in [3.63, 3.8) is 0 Å². The van der Waals surface area contributed by atoms with Crippen LogP contribution in [0.1, 0.15) is 39.5 Å². The molecule has 2 rings (SSSR count). The van der Waals surface area contributed by atoms with Gasteiger partial charge in [0.1, 0.15) is 5.75 Å². The van der Waals surface area contributed by atoms with Crippen molar-refractivity contribution in [2.45, 2.75) is 39.5 Å². The summed E-state index contributed by atoms with van der Waals surface area (Å²) in [4.78, 5) is 11.5. The standard InChI is InChI=1S/C20H26N2O2/c1-3-5-6-13-24-19-12-8-11-18(15-19)21-16-9-7-10-17(14-16)22-20(23)4-2/h7-12,14-15,21H,3-6,13H2,1-2H3,(H,22,23). The quantitative estimate of drug-likeness (QED) is 0.611. The molecule has 0 aliphatic heterocycles. The van der Waals surface area contributed by atoms with Gasteiger partial charge in [0.05, 0.1) is 6.61 Å². The van der Waals surface area contributed by atoms with Crippen LogP contribution in [-0.4, -0.2) is 12.5 Å². The Hall–Kier alpha value is -2.49. The third-order valence-corrected chi connectivity index (χ3v) is 3.61. The molecule has 0 atom stereocenters. The molecule has 0 spiro atoms. The first-order chi connectivity index (χ1) is 11.7. The molecule has 4 heteroatoms. The molecule has 2 aromatic carbocycles. The van der Waals surface area contributed by atoms with Gasteiger partial charge in [0, 0.05) is 29.5 Å². The highest BCUT2D eigenvalue weighted by Crippen LogP contribution is 2.23. The van der Waals surface area contributed by atoms with Crippen LogP contribution in [0.2, 0.25) is 0 Å². The molecule has 2 aromatic rings. The van der Waals surface area contributed by atoms with Gasteiger partial charge in [0.15, 0.2) is 0 Å². The summed E-state index contributed by atoms with van der Waals surface area (Å²) < 4.78 is 5.78. The Kier molecular flexibility index (Phi) is 7.15. The van der Waals surface area contributed by atoms with Gasteiger partial charge in [-0.2, -0.15) is 0 Å². The summed E-state index contributed by atoms with van der Waals surface area (Å²) in [6.07, 6.45) is 3.92. The highest BCUT2D eigenvalue weighted by atomic mass is 16.5. The van der Waals surface area contributed by atoms with Crippen LogP contribution in [0.3, 0.4) is 0 Å². The summed E-state index contributed by atoms with van der Waals surface area (Å²) in [5.41, 5.74) is 2.67. The first-order valence-electron chi connectivity index (χ1n) is 8.61. The van der Waals surface area contributed by atoms with E-state index in [9.17, 15) is 4.79 Å². The van der Waals surface area contributed by atoms with Crippen LogP contribution in [0.5, 0.6) is 5.75 Å². The van der Waals surface area contributed by atoms with Crippen molar-refractivity contribution in [3.05, 3.63) is 48.5 Å². The van der Waals surface area contributed by atoms with E-state index in [4.69, 9.17) is 4.74 Å². The van der Waals surface area contributed by atoms with Crippen LogP contribution in [0.25, 0.3) is 0 Å². The Labute approximate surface area is 144 Å². The van der Waals surface area contributed by atoms with Gasteiger partial charge in [-0.25, -0.2) is 0 Å². The van der Waals surface area contributed by atoms with Crippen molar-refractivity contribution >= 4 is 23.0 Å². The number of carbonyl (C=O) groups is 1. The minimum absolute atomic E-state index is 0.00891. The van der Waals surface area contributed by atoms with Crippen molar-refractivity contribution < 1.29 is 9.53 Å². The van der Waals surface area contributed by atoms with Gasteiger partial charge >= 0.3 is 0 Å². The second-order valence-corrected chi connectivity index (χ2v) is 5.69. The van der Waals surface area contributed by atoms with Gasteiger partial charge in [-0.05, 0) is 36.8 Å². The predicted molar refractivity (Wildman–Crippen MR) is 100 cm³/mol. The Morgan fingerprint density at radius 2 is 1.67 bits per heavy atom. The molecule has 24 heavy (non-hydrogen) atoms. The molecule has 0 aromatic heterocycles. The molecule has 0 bridgehead atoms. The van der Waals surface area contributed by atoms with Crippen LogP contribution < -0.4 is 15.4 Å². The highest BCUT2D eigenvalue weighted by Gasteiger charge is 2.02. The molecule has 2 N–H and O–H groups in total. The van der Waals surface area contributed by atoms with Crippen LogP contribution >= 0.6 is 0 Å². The Balaban J connectivity index is 1.97. The highest BCUT2D eigenvalue weighted by molar-refractivity contribution is 5.91. The number of amides is 1. The fourth-order valence-corrected chi connectivity index (χ4v) is 2.30. The van der Waals surface area contributed by atoms with E-state index in [1.807, 2.05) is 55.5 Å². The lowest BCUT2D eigenvalue weighted by Crippen LogP contribution is -2.09. The monoisotopic (exact) mass is 326 g/mol. The van der Waals surface area contributed by atoms with Crippen molar-refractivity contribution in [3.8, 4) is 5.75 Å². The number of unbranched alkanes of at least 4 members (excludes halogenated alkanes) is 2. The summed E-state index contributed by atoms with van der Waals surface area (Å²) in [6, 6.07) is 15.6. The zero-order valence-corrected chi connectivity index (χ0v) is 14.5. The number of ether oxygens (including phenoxy) is 1. The van der Waals surface area contributed by atoms with Crippen molar-refractivity contribution in [1.82, 2.24) is 0 Å². The molecule has 0 unspecified atom stereocenters. The number of anilines is 3. The summed E-state index contributed by atoms with van der Waals surface area (Å²) in [6.45, 7) is 4.76. The maximum Gasteiger partial charge on any atom is 0.224 e. The van der Waals surface area contributed by atoms with Crippen LogP contribution in [0, 0.1) is 0 Å². The maximum atomic E-state index is 11.5. The van der Waals surface area contributed by atoms with E-state index in [1.165, 1.54) is 12.8 Å². The minimum atomic E-state index is 0.00891. The lowest BCUT2D eigenvalue weighted by atomic mass is 10.2. The molecule has 1 amide bonds. The number of nitrogens with one attached hydrogen (secondary N) is 2. The molecule has 0 aliphatic rings. The molecule has 0 saturated carbocycles. The molecule has 0 fully saturated rings. The Bertz CT molecular complexity index is 656. The maximum absolute atomic E-state index is 11.5. The minimum Gasteiger partial charge on any atom is -0.494 e. The second-order valence-electron chi connectivity index (χ2n) is 5.69. The molecular formula is C20H26N2O2. The third-order valence-electron chi connectivity index (χ3n) is 3.61. The predicted octanol–water partition coefficient (Wildman–Crippen LogP) is 5.35. The molecular weight excluding hydrogens is 300 g/mol. The topological polar surface area (TPSA) is 50.4 Å². The summed E-state index contributed by atoms with van der Waals surface area (Å²) in [7, 11) is 0. The SMILES string of the molecule is CCCCCOc1cccc(Nc2cccc(NC(=O)CC)c2)c1. The second kappa shape index (κ2) is 9.60. The van der Waals surface area contributed by atoms with Crippen molar-refractivity contribution in [2.75, 3.05) is 17.2 Å². The van der Waals surface area contributed by atoms with Crippen LogP contribution in [0.15, 0.2) is 48.5 Å². The summed E-state index contributed by atoms with van der Waals surface area (Å²) in [5.74, 6) is 0.876. The van der Waals surface area contributed by atoms with Crippen molar-refractivity contribution in [2.24, 2.45) is 0 Å². The van der Waals surface area contributed by atoms with Gasteiger partial charge < -0.3 is 15.4 Å². The van der Waals surface area contributed by atoms with Crippen molar-refractivity contribution in [1.29, 1.82) is 0 Å². The van der Waals surface area contributed by atoms with E-state index in [-0.39, 0.29) is 5.91 Å². The molecule has 0 heterocycles. The average Bonchev–Trinajstić information content (AvgIpc) is 2.59. The first kappa shape index (κ1) is 17.9. The van der Waals surface area contributed by atoms with E-state index in [0.29, 0.717) is 6.42 Å². The number of carbonyl (C=O) groups excluding carboxylic acids is 1. The zero-order valence-electron chi connectivity index (χ0n) is 14.5. The third kappa shape index (κ3) is 5.95. The zero-order chi connectivity index (χ0) is 17.2. The number of hydrogen-bond donors (Lipinski definition) is 2. The number of hydrogen-bond acceptors (Lipinski definition) is 3. The van der Waals surface area contributed by atoms with E-state index < -0.39 is 0 Å². The summed E-state index contributed by atoms with van der Waals surface area (Å²) >= 11 is 0.